The third-order valence-electron chi connectivity index (χ3n) is 2.37. The Kier molecular flexibility index (Phi) is 1.53. The van der Waals surface area contributed by atoms with E-state index in [1.807, 2.05) is 6.08 Å². The van der Waals surface area contributed by atoms with Crippen LogP contribution in [0.3, 0.4) is 0 Å². The van der Waals surface area contributed by atoms with Crippen LogP contribution in [-0.2, 0) is 9.59 Å². The molecule has 1 amide bonds. The normalized spacial score (nSPS) is 31.8. The zero-order chi connectivity index (χ0) is 8.72. The molecule has 0 aromatic carbocycles. The molecule has 1 saturated carbocycles. The average Bonchev–Trinajstić information content (AvgIpc) is 2.73. The van der Waals surface area contributed by atoms with Crippen LogP contribution in [-0.4, -0.2) is 29.2 Å². The van der Waals surface area contributed by atoms with Crippen molar-refractivity contribution in [3.63, 3.8) is 0 Å². The summed E-state index contributed by atoms with van der Waals surface area (Å²) >= 11 is 0. The highest BCUT2D eigenvalue weighted by molar-refractivity contribution is 5.93. The van der Waals surface area contributed by atoms with Crippen molar-refractivity contribution in [1.82, 2.24) is 4.90 Å². The van der Waals surface area contributed by atoms with Gasteiger partial charge in [0, 0.05) is 6.04 Å². The summed E-state index contributed by atoms with van der Waals surface area (Å²) in [5.41, 5.74) is 0. The van der Waals surface area contributed by atoms with Gasteiger partial charge in [-0.2, -0.15) is 0 Å². The minimum atomic E-state index is -0.0102. The van der Waals surface area contributed by atoms with Gasteiger partial charge in [-0.15, -0.1) is 0 Å². The summed E-state index contributed by atoms with van der Waals surface area (Å²) in [6.07, 6.45) is 4.57. The Labute approximate surface area is 71.0 Å². The molecule has 2 aliphatic rings. The zero-order valence-corrected chi connectivity index (χ0v) is 6.99. The summed E-state index contributed by atoms with van der Waals surface area (Å²) in [5, 5.41) is 0. The predicted molar refractivity (Wildman–Crippen MR) is 43.4 cm³/mol. The Bertz CT molecular complexity index is 270. The first-order valence-corrected chi connectivity index (χ1v) is 4.17. The predicted octanol–water partition coefficient (Wildman–Crippen LogP) is 0.362. The Hall–Kier alpha value is -1.12. The van der Waals surface area contributed by atoms with Crippen molar-refractivity contribution in [2.45, 2.75) is 19.4 Å². The van der Waals surface area contributed by atoms with Gasteiger partial charge in [-0.25, -0.2) is 0 Å². The van der Waals surface area contributed by atoms with Crippen molar-refractivity contribution in [2.24, 2.45) is 5.92 Å². The van der Waals surface area contributed by atoms with E-state index in [9.17, 15) is 9.59 Å². The smallest absolute Gasteiger partial charge is 0.246 e. The van der Waals surface area contributed by atoms with E-state index in [-0.39, 0.29) is 18.2 Å². The van der Waals surface area contributed by atoms with Gasteiger partial charge >= 0.3 is 0 Å². The number of carbonyl (C=O) groups is 2. The summed E-state index contributed by atoms with van der Waals surface area (Å²) in [5.74, 6) is 0.579. The number of hydrogen-bond donors (Lipinski definition) is 0. The lowest BCUT2D eigenvalue weighted by Gasteiger charge is -2.21. The molecule has 1 fully saturated rings. The van der Waals surface area contributed by atoms with Gasteiger partial charge in [0.15, 0.2) is 0 Å². The van der Waals surface area contributed by atoms with Crippen molar-refractivity contribution in [3.05, 3.63) is 12.2 Å². The van der Waals surface area contributed by atoms with Gasteiger partial charge in [-0.1, -0.05) is 6.08 Å². The number of rotatable bonds is 2. The van der Waals surface area contributed by atoms with E-state index in [0.717, 1.165) is 6.42 Å². The van der Waals surface area contributed by atoms with Crippen LogP contribution in [0, 0.1) is 5.92 Å². The Balaban J connectivity index is 2.09. The standard InChI is InChI=1S/C9H11NO2/c1-6(11)5-10-8-4-7(8)2-3-9(10)12/h2-3,7-8H,4-5H2,1H3. The number of amides is 1. The molecule has 0 saturated heterocycles. The van der Waals surface area contributed by atoms with Gasteiger partial charge in [-0.05, 0) is 25.3 Å². The minimum absolute atomic E-state index is 0.0102. The quantitative estimate of drug-likeness (QED) is 0.592. The molecule has 1 aliphatic carbocycles. The Morgan fingerprint density at radius 2 is 2.50 bits per heavy atom. The number of ketones is 1. The molecule has 0 bridgehead atoms. The van der Waals surface area contributed by atoms with E-state index in [4.69, 9.17) is 0 Å². The summed E-state index contributed by atoms with van der Waals surface area (Å²) in [7, 11) is 0. The van der Waals surface area contributed by atoms with Crippen LogP contribution >= 0.6 is 0 Å². The van der Waals surface area contributed by atoms with E-state index >= 15 is 0 Å². The minimum Gasteiger partial charge on any atom is -0.328 e. The maximum absolute atomic E-state index is 11.3. The van der Waals surface area contributed by atoms with E-state index in [2.05, 4.69) is 0 Å². The number of fused-ring (bicyclic) bond motifs is 1. The third kappa shape index (κ3) is 1.15. The van der Waals surface area contributed by atoms with Crippen LogP contribution in [0.1, 0.15) is 13.3 Å². The van der Waals surface area contributed by atoms with Gasteiger partial charge in [0.25, 0.3) is 0 Å². The molecule has 1 aliphatic heterocycles. The van der Waals surface area contributed by atoms with E-state index in [1.165, 1.54) is 6.92 Å². The molecule has 0 aromatic rings. The lowest BCUT2D eigenvalue weighted by Crippen LogP contribution is -2.38. The monoisotopic (exact) mass is 165 g/mol. The van der Waals surface area contributed by atoms with Gasteiger partial charge < -0.3 is 4.90 Å². The molecule has 2 rings (SSSR count). The lowest BCUT2D eigenvalue weighted by molar-refractivity contribution is -0.131. The van der Waals surface area contributed by atoms with Crippen LogP contribution in [0.2, 0.25) is 0 Å². The Morgan fingerprint density at radius 1 is 1.75 bits per heavy atom. The van der Waals surface area contributed by atoms with Crippen LogP contribution < -0.4 is 0 Å². The van der Waals surface area contributed by atoms with Gasteiger partial charge in [-0.3, -0.25) is 9.59 Å². The van der Waals surface area contributed by atoms with Gasteiger partial charge in [0.1, 0.15) is 5.78 Å². The zero-order valence-electron chi connectivity index (χ0n) is 6.99. The second-order valence-electron chi connectivity index (χ2n) is 3.49. The lowest BCUT2D eigenvalue weighted by atomic mass is 10.2. The van der Waals surface area contributed by atoms with Crippen molar-refractivity contribution in [1.29, 1.82) is 0 Å². The molecule has 3 heteroatoms. The molecule has 12 heavy (non-hydrogen) atoms. The molecule has 0 aromatic heterocycles. The maximum atomic E-state index is 11.3. The molecular weight excluding hydrogens is 154 g/mol. The van der Waals surface area contributed by atoms with Crippen molar-refractivity contribution in [2.75, 3.05) is 6.54 Å². The average molecular weight is 165 g/mol. The third-order valence-corrected chi connectivity index (χ3v) is 2.37. The first-order valence-electron chi connectivity index (χ1n) is 4.17. The molecule has 2 unspecified atom stereocenters. The first kappa shape index (κ1) is 7.53. The van der Waals surface area contributed by atoms with Crippen LogP contribution in [0.15, 0.2) is 12.2 Å². The van der Waals surface area contributed by atoms with E-state index < -0.39 is 0 Å². The molecule has 0 spiro atoms. The van der Waals surface area contributed by atoms with Crippen molar-refractivity contribution < 1.29 is 9.59 Å². The van der Waals surface area contributed by atoms with Crippen molar-refractivity contribution in [3.8, 4) is 0 Å². The second-order valence-corrected chi connectivity index (χ2v) is 3.49. The molecule has 2 atom stereocenters. The highest BCUT2D eigenvalue weighted by Crippen LogP contribution is 2.39. The Morgan fingerprint density at radius 3 is 3.17 bits per heavy atom. The number of carbonyl (C=O) groups excluding carboxylic acids is 2. The van der Waals surface area contributed by atoms with Crippen LogP contribution in [0.25, 0.3) is 0 Å². The fourth-order valence-corrected chi connectivity index (χ4v) is 1.67. The van der Waals surface area contributed by atoms with E-state index in [0.29, 0.717) is 12.0 Å². The fourth-order valence-electron chi connectivity index (χ4n) is 1.67. The SMILES string of the molecule is CC(=O)CN1C(=O)C=CC2CC21. The molecule has 1 heterocycles. The van der Waals surface area contributed by atoms with Gasteiger partial charge in [0.05, 0.1) is 6.54 Å². The largest absolute Gasteiger partial charge is 0.328 e. The summed E-state index contributed by atoms with van der Waals surface area (Å²) < 4.78 is 0. The highest BCUT2D eigenvalue weighted by atomic mass is 16.2. The molecule has 64 valence electrons. The number of hydrogen-bond acceptors (Lipinski definition) is 2. The molecule has 0 radical (unpaired) electrons. The van der Waals surface area contributed by atoms with Gasteiger partial charge in [0.2, 0.25) is 5.91 Å². The summed E-state index contributed by atoms with van der Waals surface area (Å²) in [4.78, 5) is 23.7. The van der Waals surface area contributed by atoms with Crippen LogP contribution in [0.5, 0.6) is 0 Å². The second kappa shape index (κ2) is 2.44. The maximum Gasteiger partial charge on any atom is 0.246 e. The molecule has 3 nitrogen and oxygen atoms in total. The summed E-state index contributed by atoms with van der Waals surface area (Å²) in [6.45, 7) is 1.80. The fraction of sp³-hybridized carbons (Fsp3) is 0.556. The number of nitrogens with zero attached hydrogens (tertiary/aromatic N) is 1. The topological polar surface area (TPSA) is 37.4 Å². The highest BCUT2D eigenvalue weighted by Gasteiger charge is 2.44. The van der Waals surface area contributed by atoms with E-state index in [1.54, 1.807) is 11.0 Å². The summed E-state index contributed by atoms with van der Waals surface area (Å²) in [6, 6.07) is 0.325. The molecular formula is C9H11NO2. The molecule has 0 N–H and O–H groups in total. The van der Waals surface area contributed by atoms with Crippen molar-refractivity contribution >= 4 is 11.7 Å². The first-order chi connectivity index (χ1) is 5.68. The van der Waals surface area contributed by atoms with Crippen LogP contribution in [0.4, 0.5) is 0 Å². The number of Topliss-reactive ketones (excluding diaryl/α,β-unsaturated/α-hetero) is 1.